The molecule has 3 aromatic rings. The fraction of sp³-hybridized carbons (Fsp3) is 0.414. The van der Waals surface area contributed by atoms with Crippen molar-refractivity contribution >= 4 is 6.08 Å². The summed E-state index contributed by atoms with van der Waals surface area (Å²) in [5, 5.41) is 0. The van der Waals surface area contributed by atoms with Crippen molar-refractivity contribution in [2.24, 2.45) is 0 Å². The summed E-state index contributed by atoms with van der Waals surface area (Å²) in [6.07, 6.45) is 9.01. The third kappa shape index (κ3) is 5.18. The Morgan fingerprint density at radius 3 is 2.17 bits per heavy atom. The number of piperidine rings is 1. The Bertz CT molecular complexity index is 1170. The van der Waals surface area contributed by atoms with Crippen LogP contribution in [0.15, 0.2) is 59.4 Å². The molecule has 4 nitrogen and oxygen atoms in total. The van der Waals surface area contributed by atoms with Crippen molar-refractivity contribution in [2.45, 2.75) is 56.9 Å². The number of aromatic amines is 1. The molecule has 2 aliphatic rings. The van der Waals surface area contributed by atoms with E-state index in [9.17, 15) is 13.6 Å². The molecule has 1 unspecified atom stereocenters. The summed E-state index contributed by atoms with van der Waals surface area (Å²) in [7, 11) is 0. The van der Waals surface area contributed by atoms with Gasteiger partial charge in [0, 0.05) is 36.7 Å². The Labute approximate surface area is 205 Å². The van der Waals surface area contributed by atoms with Gasteiger partial charge in [-0.15, -0.1) is 0 Å². The van der Waals surface area contributed by atoms with Gasteiger partial charge in [0.25, 0.3) is 0 Å². The third-order valence-electron chi connectivity index (χ3n) is 7.67. The van der Waals surface area contributed by atoms with Gasteiger partial charge >= 0.3 is 5.69 Å². The van der Waals surface area contributed by atoms with Crippen LogP contribution < -0.4 is 5.69 Å². The van der Waals surface area contributed by atoms with E-state index >= 15 is 0 Å². The summed E-state index contributed by atoms with van der Waals surface area (Å²) in [5.74, 6) is -0.0274. The Morgan fingerprint density at radius 1 is 0.971 bits per heavy atom. The molecule has 2 aromatic carbocycles. The van der Waals surface area contributed by atoms with E-state index in [0.717, 1.165) is 74.3 Å². The van der Waals surface area contributed by atoms with Crippen LogP contribution in [-0.4, -0.2) is 34.1 Å². The van der Waals surface area contributed by atoms with Gasteiger partial charge in [0.1, 0.15) is 11.6 Å². The van der Waals surface area contributed by atoms with Gasteiger partial charge in [0.15, 0.2) is 0 Å². The van der Waals surface area contributed by atoms with E-state index < -0.39 is 0 Å². The van der Waals surface area contributed by atoms with Gasteiger partial charge in [-0.3, -0.25) is 4.57 Å². The van der Waals surface area contributed by atoms with E-state index in [-0.39, 0.29) is 29.3 Å². The van der Waals surface area contributed by atoms with Crippen molar-refractivity contribution < 1.29 is 8.78 Å². The number of rotatable bonds is 7. The average Bonchev–Trinajstić information content (AvgIpc) is 3.21. The molecule has 1 aliphatic heterocycles. The van der Waals surface area contributed by atoms with Gasteiger partial charge in [-0.25, -0.2) is 13.6 Å². The van der Waals surface area contributed by atoms with Crippen LogP contribution in [0.5, 0.6) is 0 Å². The third-order valence-corrected chi connectivity index (χ3v) is 7.67. The number of halogens is 2. The lowest BCUT2D eigenvalue weighted by Gasteiger charge is -2.34. The van der Waals surface area contributed by atoms with Gasteiger partial charge in [0.05, 0.1) is 5.69 Å². The molecule has 184 valence electrons. The number of nitrogens with one attached hydrogen (secondary N) is 1. The van der Waals surface area contributed by atoms with E-state index in [1.165, 1.54) is 24.3 Å². The first-order valence-electron chi connectivity index (χ1n) is 12.7. The Morgan fingerprint density at radius 2 is 1.57 bits per heavy atom. The SMILES string of the molecule is CC1CC=Cc2[nH]c(=O)n(C3CCN(CCCC(c4ccc(F)cc4)c4ccc(F)cc4)CC3)c21. The highest BCUT2D eigenvalue weighted by Crippen LogP contribution is 2.33. The molecule has 1 aliphatic carbocycles. The van der Waals surface area contributed by atoms with Crippen molar-refractivity contribution in [3.05, 3.63) is 99.2 Å². The highest BCUT2D eigenvalue weighted by molar-refractivity contribution is 5.52. The van der Waals surface area contributed by atoms with Crippen LogP contribution in [-0.2, 0) is 0 Å². The molecule has 2 heterocycles. The predicted molar refractivity (Wildman–Crippen MR) is 136 cm³/mol. The maximum Gasteiger partial charge on any atom is 0.326 e. The molecule has 1 N–H and O–H groups in total. The number of nitrogens with zero attached hydrogens (tertiary/aromatic N) is 2. The topological polar surface area (TPSA) is 41.0 Å². The van der Waals surface area contributed by atoms with E-state index in [4.69, 9.17) is 0 Å². The van der Waals surface area contributed by atoms with Crippen molar-refractivity contribution in [1.82, 2.24) is 14.5 Å². The lowest BCUT2D eigenvalue weighted by Crippen LogP contribution is -2.38. The Hall–Kier alpha value is -2.99. The zero-order chi connectivity index (χ0) is 24.4. The number of fused-ring (bicyclic) bond motifs is 1. The van der Waals surface area contributed by atoms with Crippen molar-refractivity contribution in [1.29, 1.82) is 0 Å². The van der Waals surface area contributed by atoms with Crippen LogP contribution >= 0.6 is 0 Å². The van der Waals surface area contributed by atoms with E-state index in [2.05, 4.69) is 22.9 Å². The van der Waals surface area contributed by atoms with Crippen LogP contribution in [0, 0.1) is 11.6 Å². The van der Waals surface area contributed by atoms with E-state index in [1.807, 2.05) is 34.9 Å². The number of likely N-dealkylation sites (tertiary alicyclic amines) is 1. The first kappa shape index (κ1) is 23.7. The molecule has 1 saturated heterocycles. The largest absolute Gasteiger partial charge is 0.326 e. The number of allylic oxidation sites excluding steroid dienone is 1. The Kier molecular flexibility index (Phi) is 7.00. The van der Waals surface area contributed by atoms with Gasteiger partial charge in [0.2, 0.25) is 0 Å². The molecule has 0 bridgehead atoms. The summed E-state index contributed by atoms with van der Waals surface area (Å²) in [6.45, 7) is 5.11. The predicted octanol–water partition coefficient (Wildman–Crippen LogP) is 6.22. The summed E-state index contributed by atoms with van der Waals surface area (Å²) < 4.78 is 29.0. The summed E-state index contributed by atoms with van der Waals surface area (Å²) in [4.78, 5) is 18.2. The van der Waals surface area contributed by atoms with Crippen LogP contribution in [0.2, 0.25) is 0 Å². The molecule has 0 saturated carbocycles. The van der Waals surface area contributed by atoms with Crippen LogP contribution in [0.1, 0.15) is 79.4 Å². The maximum absolute atomic E-state index is 13.5. The molecular weight excluding hydrogens is 444 g/mol. The second-order valence-corrected chi connectivity index (χ2v) is 10.0. The molecule has 0 amide bonds. The molecule has 1 fully saturated rings. The molecule has 6 heteroatoms. The number of H-pyrrole nitrogens is 1. The molecular formula is C29H33F2N3O. The normalized spacial score (nSPS) is 18.8. The molecule has 35 heavy (non-hydrogen) atoms. The van der Waals surface area contributed by atoms with E-state index in [1.54, 1.807) is 0 Å². The molecule has 0 spiro atoms. The zero-order valence-corrected chi connectivity index (χ0v) is 20.2. The standard InChI is InChI=1S/C29H33F2N3O/c1-20-4-2-6-27-28(20)34(29(35)32-27)25-15-18-33(19-16-25)17-3-5-26(21-7-11-23(30)12-8-21)22-9-13-24(31)14-10-22/h2,6-14,20,25-26H,3-5,15-19H2,1H3,(H,32,35). The lowest BCUT2D eigenvalue weighted by atomic mass is 9.87. The second-order valence-electron chi connectivity index (χ2n) is 10.0. The monoisotopic (exact) mass is 477 g/mol. The summed E-state index contributed by atoms with van der Waals surface area (Å²) in [6, 6.07) is 13.6. The van der Waals surface area contributed by atoms with Crippen LogP contribution in [0.3, 0.4) is 0 Å². The first-order valence-corrected chi connectivity index (χ1v) is 12.7. The minimum atomic E-state index is -0.248. The number of imidazole rings is 1. The summed E-state index contributed by atoms with van der Waals surface area (Å²) >= 11 is 0. The van der Waals surface area contributed by atoms with Gasteiger partial charge in [-0.1, -0.05) is 37.3 Å². The van der Waals surface area contributed by atoms with Gasteiger partial charge in [-0.2, -0.15) is 0 Å². The highest BCUT2D eigenvalue weighted by Gasteiger charge is 2.28. The molecule has 5 rings (SSSR count). The van der Waals surface area contributed by atoms with E-state index in [0.29, 0.717) is 5.92 Å². The minimum Gasteiger partial charge on any atom is -0.306 e. The van der Waals surface area contributed by atoms with Crippen LogP contribution in [0.4, 0.5) is 8.78 Å². The Balaban J connectivity index is 1.20. The van der Waals surface area contributed by atoms with Crippen molar-refractivity contribution in [2.75, 3.05) is 19.6 Å². The first-order chi connectivity index (χ1) is 17.0. The zero-order valence-electron chi connectivity index (χ0n) is 20.2. The molecule has 1 atom stereocenters. The number of aromatic nitrogens is 2. The smallest absolute Gasteiger partial charge is 0.306 e. The fourth-order valence-electron chi connectivity index (χ4n) is 5.81. The molecule has 1 aromatic heterocycles. The highest BCUT2D eigenvalue weighted by atomic mass is 19.1. The quantitative estimate of drug-likeness (QED) is 0.439. The molecule has 0 radical (unpaired) electrons. The van der Waals surface area contributed by atoms with Gasteiger partial charge < -0.3 is 9.88 Å². The number of hydrogen-bond acceptors (Lipinski definition) is 2. The number of benzene rings is 2. The maximum atomic E-state index is 13.5. The fourth-order valence-corrected chi connectivity index (χ4v) is 5.81. The minimum absolute atomic E-state index is 0.0216. The summed E-state index contributed by atoms with van der Waals surface area (Å²) in [5.41, 5.74) is 4.27. The van der Waals surface area contributed by atoms with Crippen molar-refractivity contribution in [3.63, 3.8) is 0 Å². The number of hydrogen-bond donors (Lipinski definition) is 1. The van der Waals surface area contributed by atoms with Gasteiger partial charge in [-0.05, 0) is 80.1 Å². The second kappa shape index (κ2) is 10.3. The van der Waals surface area contributed by atoms with Crippen LogP contribution in [0.25, 0.3) is 6.08 Å². The van der Waals surface area contributed by atoms with Crippen molar-refractivity contribution in [3.8, 4) is 0 Å². The average molecular weight is 478 g/mol. The lowest BCUT2D eigenvalue weighted by molar-refractivity contribution is 0.179.